The molecule has 0 bridgehead atoms. The first kappa shape index (κ1) is 28.2. The van der Waals surface area contributed by atoms with Gasteiger partial charge in [0.25, 0.3) is 11.5 Å². The lowest BCUT2D eigenvalue weighted by atomic mass is 10.0. The topological polar surface area (TPSA) is 106 Å². The van der Waals surface area contributed by atoms with Gasteiger partial charge >= 0.3 is 0 Å². The molecular formula is C31H35FN6O3. The average molecular weight is 559 g/mol. The van der Waals surface area contributed by atoms with Crippen molar-refractivity contribution in [2.24, 2.45) is 5.92 Å². The Morgan fingerprint density at radius 1 is 1.12 bits per heavy atom. The molecule has 1 saturated heterocycles. The van der Waals surface area contributed by atoms with Gasteiger partial charge in [-0.3, -0.25) is 23.8 Å². The van der Waals surface area contributed by atoms with Crippen molar-refractivity contribution in [3.05, 3.63) is 87.3 Å². The summed E-state index contributed by atoms with van der Waals surface area (Å²) in [5, 5.41) is 16.4. The third-order valence-electron chi connectivity index (χ3n) is 7.54. The molecule has 0 saturated carbocycles. The van der Waals surface area contributed by atoms with E-state index in [2.05, 4.69) is 28.9 Å². The van der Waals surface area contributed by atoms with E-state index in [1.165, 1.54) is 15.5 Å². The number of pyridine rings is 1. The van der Waals surface area contributed by atoms with Gasteiger partial charge in [0.1, 0.15) is 11.5 Å². The summed E-state index contributed by atoms with van der Waals surface area (Å²) in [6.07, 6.45) is 4.92. The molecule has 1 aromatic carbocycles. The fourth-order valence-corrected chi connectivity index (χ4v) is 5.51. The maximum Gasteiger partial charge on any atom is 0.290 e. The molecule has 0 radical (unpaired) electrons. The minimum atomic E-state index is -0.812. The first-order valence-corrected chi connectivity index (χ1v) is 14.1. The van der Waals surface area contributed by atoms with E-state index in [1.807, 2.05) is 38.2 Å². The van der Waals surface area contributed by atoms with E-state index in [0.717, 1.165) is 17.3 Å². The number of carbonyl (C=O) groups excluding carboxylic acids is 1. The van der Waals surface area contributed by atoms with Crippen LogP contribution in [0.25, 0.3) is 17.2 Å². The number of rotatable bonds is 8. The molecule has 0 aliphatic carbocycles. The Balaban J connectivity index is 1.63. The van der Waals surface area contributed by atoms with E-state index in [4.69, 9.17) is 0 Å². The summed E-state index contributed by atoms with van der Waals surface area (Å²) < 4.78 is 16.7. The Morgan fingerprint density at radius 2 is 1.85 bits per heavy atom. The summed E-state index contributed by atoms with van der Waals surface area (Å²) >= 11 is 0. The number of nitrogens with zero attached hydrogens (tertiary/aromatic N) is 6. The lowest BCUT2D eigenvalue weighted by molar-refractivity contribution is 0.0784. The number of aromatic nitrogens is 5. The number of hydrogen-bond acceptors (Lipinski definition) is 6. The Bertz CT molecular complexity index is 1600. The van der Waals surface area contributed by atoms with Gasteiger partial charge in [0, 0.05) is 37.4 Å². The standard InChI is InChI=1S/C31H35FN6O3/c1-5-20-8-7-9-21(6-2)27(20)38-28(25-13-15-37(35-25)17-19(3)4)34-29(39)26(31(38)41)30(40)36-14-12-22(18-36)24-11-10-23(32)16-33-24/h7-11,13,15-16,19,22,41H,5-6,12,14,17-18H2,1-4H3. The number of amides is 1. The van der Waals surface area contributed by atoms with Crippen LogP contribution in [0.3, 0.4) is 0 Å². The number of aromatic hydroxyl groups is 1. The minimum absolute atomic E-state index is 0.103. The fraction of sp³-hybridized carbons (Fsp3) is 0.387. The molecule has 4 aromatic rings. The first-order chi connectivity index (χ1) is 19.7. The predicted octanol–water partition coefficient (Wildman–Crippen LogP) is 4.75. The Kier molecular flexibility index (Phi) is 8.01. The normalized spacial score (nSPS) is 15.2. The molecule has 3 aromatic heterocycles. The van der Waals surface area contributed by atoms with Crippen LogP contribution in [-0.2, 0) is 19.4 Å². The van der Waals surface area contributed by atoms with Crippen LogP contribution >= 0.6 is 0 Å². The zero-order valence-electron chi connectivity index (χ0n) is 23.8. The fourth-order valence-electron chi connectivity index (χ4n) is 5.51. The maximum absolute atomic E-state index is 13.8. The number of likely N-dealkylation sites (tertiary alicyclic amines) is 1. The number of hydrogen-bond donors (Lipinski definition) is 1. The summed E-state index contributed by atoms with van der Waals surface area (Å²) in [7, 11) is 0. The molecule has 5 rings (SSSR count). The number of benzene rings is 1. The van der Waals surface area contributed by atoms with Crippen LogP contribution in [0.5, 0.6) is 5.88 Å². The monoisotopic (exact) mass is 558 g/mol. The predicted molar refractivity (Wildman–Crippen MR) is 154 cm³/mol. The van der Waals surface area contributed by atoms with Crippen LogP contribution in [-0.4, -0.2) is 53.3 Å². The highest BCUT2D eigenvalue weighted by molar-refractivity contribution is 5.96. The molecule has 4 heterocycles. The zero-order valence-corrected chi connectivity index (χ0v) is 23.8. The van der Waals surface area contributed by atoms with Crippen LogP contribution in [0.2, 0.25) is 0 Å². The third kappa shape index (κ3) is 5.51. The quantitative estimate of drug-likeness (QED) is 0.335. The molecule has 1 amide bonds. The lowest BCUT2D eigenvalue weighted by Gasteiger charge is -2.22. The highest BCUT2D eigenvalue weighted by Gasteiger charge is 2.34. The van der Waals surface area contributed by atoms with Gasteiger partial charge in [-0.05, 0) is 54.5 Å². The molecule has 0 spiro atoms. The van der Waals surface area contributed by atoms with Crippen molar-refractivity contribution < 1.29 is 14.3 Å². The molecule has 1 fully saturated rings. The molecular weight excluding hydrogens is 523 g/mol. The highest BCUT2D eigenvalue weighted by Crippen LogP contribution is 2.33. The van der Waals surface area contributed by atoms with E-state index < -0.39 is 23.2 Å². The summed E-state index contributed by atoms with van der Waals surface area (Å²) in [6.45, 7) is 9.55. The molecule has 1 atom stereocenters. The van der Waals surface area contributed by atoms with Crippen molar-refractivity contribution in [2.75, 3.05) is 13.1 Å². The van der Waals surface area contributed by atoms with Crippen LogP contribution in [0.15, 0.2) is 53.6 Å². The summed E-state index contributed by atoms with van der Waals surface area (Å²) in [5.41, 5.74) is 2.49. The van der Waals surface area contributed by atoms with Crippen molar-refractivity contribution >= 4 is 5.91 Å². The van der Waals surface area contributed by atoms with E-state index in [9.17, 15) is 19.1 Å². The molecule has 1 aliphatic rings. The van der Waals surface area contributed by atoms with E-state index >= 15 is 0 Å². The second-order valence-corrected chi connectivity index (χ2v) is 10.9. The first-order valence-electron chi connectivity index (χ1n) is 14.1. The third-order valence-corrected chi connectivity index (χ3v) is 7.54. The van der Waals surface area contributed by atoms with Crippen molar-refractivity contribution in [2.45, 2.75) is 59.4 Å². The Labute approximate surface area is 238 Å². The largest absolute Gasteiger partial charge is 0.493 e. The summed E-state index contributed by atoms with van der Waals surface area (Å²) in [5.74, 6) is -1.05. The maximum atomic E-state index is 13.8. The van der Waals surface area contributed by atoms with Gasteiger partial charge in [0.15, 0.2) is 11.4 Å². The van der Waals surface area contributed by atoms with Crippen LogP contribution in [0, 0.1) is 11.7 Å². The molecule has 10 heteroatoms. The van der Waals surface area contributed by atoms with E-state index in [0.29, 0.717) is 61.9 Å². The Morgan fingerprint density at radius 3 is 2.49 bits per heavy atom. The zero-order chi connectivity index (χ0) is 29.3. The second kappa shape index (κ2) is 11.6. The number of para-hydroxylation sites is 1. The summed E-state index contributed by atoms with van der Waals surface area (Å²) in [6, 6.07) is 10.6. The number of halogens is 1. The SMILES string of the molecule is CCc1cccc(CC)c1-n1c(-c2ccn(CC(C)C)n2)nc(=O)c(C(=O)N2CCC(c3ccc(F)cn3)C2)c1O. The second-order valence-electron chi connectivity index (χ2n) is 10.9. The van der Waals surface area contributed by atoms with Gasteiger partial charge in [-0.15, -0.1) is 0 Å². The van der Waals surface area contributed by atoms with Crippen molar-refractivity contribution in [1.29, 1.82) is 0 Å². The molecule has 9 nitrogen and oxygen atoms in total. The van der Waals surface area contributed by atoms with Crippen LogP contribution in [0.4, 0.5) is 4.39 Å². The molecule has 1 N–H and O–H groups in total. The van der Waals surface area contributed by atoms with Gasteiger partial charge in [-0.1, -0.05) is 45.9 Å². The molecule has 1 aliphatic heterocycles. The smallest absolute Gasteiger partial charge is 0.290 e. The van der Waals surface area contributed by atoms with Gasteiger partial charge in [-0.2, -0.15) is 10.1 Å². The highest BCUT2D eigenvalue weighted by atomic mass is 19.1. The van der Waals surface area contributed by atoms with Crippen LogP contribution in [0.1, 0.15) is 67.2 Å². The van der Waals surface area contributed by atoms with Gasteiger partial charge < -0.3 is 10.0 Å². The van der Waals surface area contributed by atoms with Gasteiger partial charge in [0.2, 0.25) is 5.88 Å². The van der Waals surface area contributed by atoms with Crippen molar-refractivity contribution in [3.8, 4) is 23.1 Å². The van der Waals surface area contributed by atoms with Crippen LogP contribution < -0.4 is 5.56 Å². The van der Waals surface area contributed by atoms with E-state index in [-0.39, 0.29) is 17.3 Å². The van der Waals surface area contributed by atoms with E-state index in [1.54, 1.807) is 16.8 Å². The minimum Gasteiger partial charge on any atom is -0.493 e. The number of aryl methyl sites for hydroxylation is 2. The van der Waals surface area contributed by atoms with Crippen molar-refractivity contribution in [3.63, 3.8) is 0 Å². The molecule has 41 heavy (non-hydrogen) atoms. The van der Waals surface area contributed by atoms with Crippen molar-refractivity contribution in [1.82, 2.24) is 29.2 Å². The van der Waals surface area contributed by atoms with Gasteiger partial charge in [0.05, 0.1) is 11.9 Å². The Hall–Kier alpha value is -4.34. The number of carbonyl (C=O) groups is 1. The summed E-state index contributed by atoms with van der Waals surface area (Å²) in [4.78, 5) is 37.3. The van der Waals surface area contributed by atoms with Gasteiger partial charge in [-0.25, -0.2) is 4.39 Å². The molecule has 1 unspecified atom stereocenters. The molecule has 214 valence electrons. The average Bonchev–Trinajstić information content (AvgIpc) is 3.63. The lowest BCUT2D eigenvalue weighted by Crippen LogP contribution is -2.34.